The molecule has 0 amide bonds. The molecular formula is C26H31F4NO3. The van der Waals surface area contributed by atoms with E-state index in [1.165, 1.54) is 0 Å². The van der Waals surface area contributed by atoms with E-state index in [1.807, 2.05) is 24.3 Å². The second-order valence-corrected chi connectivity index (χ2v) is 9.61. The number of carboxylic acid groups (broad SMARTS) is 1. The number of hydrogen-bond donors (Lipinski definition) is 1. The number of halogens is 4. The third kappa shape index (κ3) is 5.82. The second kappa shape index (κ2) is 10.5. The average molecular weight is 482 g/mol. The van der Waals surface area contributed by atoms with Crippen LogP contribution in [0.4, 0.5) is 17.6 Å². The Balaban J connectivity index is 1.47. The fourth-order valence-electron chi connectivity index (χ4n) is 5.26. The number of benzene rings is 2. The first-order chi connectivity index (χ1) is 16.2. The number of fused-ring (bicyclic) bond motifs is 1. The normalized spacial score (nSPS) is 24.6. The highest BCUT2D eigenvalue weighted by Crippen LogP contribution is 2.39. The Kier molecular flexibility index (Phi) is 7.65. The highest BCUT2D eigenvalue weighted by Gasteiger charge is 2.41. The van der Waals surface area contributed by atoms with Crippen LogP contribution in [0.15, 0.2) is 30.3 Å². The molecule has 4 rings (SSSR count). The molecule has 2 aromatic rings. The van der Waals surface area contributed by atoms with Crippen molar-refractivity contribution in [2.45, 2.75) is 70.4 Å². The van der Waals surface area contributed by atoms with Gasteiger partial charge < -0.3 is 9.84 Å². The Morgan fingerprint density at radius 3 is 2.44 bits per heavy atom. The lowest BCUT2D eigenvalue weighted by Gasteiger charge is -2.30. The molecule has 0 radical (unpaired) electrons. The number of ether oxygens (including phenoxy) is 1. The van der Waals surface area contributed by atoms with Crippen molar-refractivity contribution in [3.63, 3.8) is 0 Å². The van der Waals surface area contributed by atoms with Crippen molar-refractivity contribution >= 4 is 16.7 Å². The highest BCUT2D eigenvalue weighted by atomic mass is 19.4. The van der Waals surface area contributed by atoms with Crippen molar-refractivity contribution in [1.29, 1.82) is 0 Å². The summed E-state index contributed by atoms with van der Waals surface area (Å²) in [4.78, 5) is 13.5. The van der Waals surface area contributed by atoms with Crippen LogP contribution in [0.25, 0.3) is 10.8 Å². The summed E-state index contributed by atoms with van der Waals surface area (Å²) < 4.78 is 59.0. The molecule has 1 saturated heterocycles. The molecule has 186 valence electrons. The summed E-state index contributed by atoms with van der Waals surface area (Å²) in [5, 5.41) is 10.9. The molecule has 34 heavy (non-hydrogen) atoms. The predicted molar refractivity (Wildman–Crippen MR) is 121 cm³/mol. The number of hydrogen-bond acceptors (Lipinski definition) is 3. The fourth-order valence-corrected chi connectivity index (χ4v) is 5.26. The Morgan fingerprint density at radius 1 is 1.03 bits per heavy atom. The number of nitrogens with zero attached hydrogens (tertiary/aromatic N) is 1. The molecule has 1 heterocycles. The van der Waals surface area contributed by atoms with Crippen LogP contribution in [0, 0.1) is 11.8 Å². The van der Waals surface area contributed by atoms with Crippen LogP contribution in [0.1, 0.15) is 56.1 Å². The van der Waals surface area contributed by atoms with Crippen LogP contribution < -0.4 is 4.74 Å². The van der Waals surface area contributed by atoms with Gasteiger partial charge in [0.25, 0.3) is 0 Å². The molecule has 8 heteroatoms. The van der Waals surface area contributed by atoms with E-state index < -0.39 is 24.7 Å². The van der Waals surface area contributed by atoms with Gasteiger partial charge in [0.05, 0.1) is 17.9 Å². The Labute approximate surface area is 196 Å². The van der Waals surface area contributed by atoms with Gasteiger partial charge in [0.15, 0.2) is 0 Å². The first kappa shape index (κ1) is 24.8. The van der Waals surface area contributed by atoms with Crippen LogP contribution >= 0.6 is 0 Å². The standard InChI is InChI=1S/C26H31F4NO3/c27-15-23-22-14-17(16-31-12-1-2-19(11-13-31)25(32)33)3-4-18(22)5-10-24(23)34-21-8-6-20(7-9-21)26(28,29)30/h3-5,10,14,19-21H,1-2,6-9,11-13,15-16H2,(H,32,33)/t19?,20-,21+. The predicted octanol–water partition coefficient (Wildman–Crippen LogP) is 6.50. The number of aliphatic carboxylic acids is 1. The lowest BCUT2D eigenvalue weighted by molar-refractivity contribution is -0.185. The van der Waals surface area contributed by atoms with Crippen molar-refractivity contribution in [3.8, 4) is 5.75 Å². The zero-order valence-corrected chi connectivity index (χ0v) is 19.1. The van der Waals surface area contributed by atoms with Crippen molar-refractivity contribution < 1.29 is 32.2 Å². The summed E-state index contributed by atoms with van der Waals surface area (Å²) >= 11 is 0. The number of likely N-dealkylation sites (tertiary alicyclic amines) is 1. The minimum atomic E-state index is -4.17. The molecule has 4 nitrogen and oxygen atoms in total. The van der Waals surface area contributed by atoms with Crippen LogP contribution in [0.2, 0.25) is 0 Å². The molecule has 1 atom stereocenters. The van der Waals surface area contributed by atoms with Crippen LogP contribution in [-0.4, -0.2) is 41.3 Å². The van der Waals surface area contributed by atoms with Gasteiger partial charge in [0.2, 0.25) is 0 Å². The molecule has 0 bridgehead atoms. The number of carboxylic acids is 1. The molecule has 2 aliphatic rings. The monoisotopic (exact) mass is 481 g/mol. The minimum absolute atomic E-state index is 0.0371. The maximum absolute atomic E-state index is 14.2. The molecule has 2 fully saturated rings. The van der Waals surface area contributed by atoms with Gasteiger partial charge in [0, 0.05) is 12.1 Å². The lowest BCUT2D eigenvalue weighted by atomic mass is 9.87. The summed E-state index contributed by atoms with van der Waals surface area (Å²) in [6, 6.07) is 9.48. The van der Waals surface area contributed by atoms with Gasteiger partial charge in [-0.3, -0.25) is 9.69 Å². The van der Waals surface area contributed by atoms with E-state index in [9.17, 15) is 27.5 Å². The quantitative estimate of drug-likeness (QED) is 0.479. The van der Waals surface area contributed by atoms with Gasteiger partial charge >= 0.3 is 12.1 Å². The van der Waals surface area contributed by atoms with Crippen molar-refractivity contribution in [2.75, 3.05) is 13.1 Å². The molecule has 1 N–H and O–H groups in total. The van der Waals surface area contributed by atoms with E-state index in [4.69, 9.17) is 4.74 Å². The third-order valence-electron chi connectivity index (χ3n) is 7.30. The smallest absolute Gasteiger partial charge is 0.391 e. The zero-order chi connectivity index (χ0) is 24.3. The highest BCUT2D eigenvalue weighted by molar-refractivity contribution is 5.88. The molecule has 1 unspecified atom stereocenters. The zero-order valence-electron chi connectivity index (χ0n) is 19.1. The van der Waals surface area contributed by atoms with Crippen LogP contribution in [-0.2, 0) is 18.0 Å². The summed E-state index contributed by atoms with van der Waals surface area (Å²) in [6.07, 6.45) is -1.70. The van der Waals surface area contributed by atoms with Gasteiger partial charge in [0.1, 0.15) is 12.4 Å². The van der Waals surface area contributed by atoms with E-state index in [2.05, 4.69) is 4.90 Å². The van der Waals surface area contributed by atoms with E-state index in [-0.39, 0.29) is 24.9 Å². The molecule has 1 saturated carbocycles. The average Bonchev–Trinajstić information content (AvgIpc) is 3.04. The third-order valence-corrected chi connectivity index (χ3v) is 7.30. The maximum atomic E-state index is 14.2. The number of carbonyl (C=O) groups is 1. The van der Waals surface area contributed by atoms with Crippen molar-refractivity contribution in [3.05, 3.63) is 41.5 Å². The topological polar surface area (TPSA) is 49.8 Å². The SMILES string of the molecule is O=C(O)C1CCCN(Cc2ccc3ccc(O[C@H]4CC[C@@H](C(F)(F)F)CC4)c(CF)c3c2)CC1. The molecular weight excluding hydrogens is 450 g/mol. The maximum Gasteiger partial charge on any atom is 0.391 e. The van der Waals surface area contributed by atoms with E-state index in [1.54, 1.807) is 6.07 Å². The largest absolute Gasteiger partial charge is 0.490 e. The first-order valence-corrected chi connectivity index (χ1v) is 12.0. The lowest BCUT2D eigenvalue weighted by Crippen LogP contribution is -2.32. The van der Waals surface area contributed by atoms with E-state index in [0.29, 0.717) is 50.1 Å². The Hall–Kier alpha value is -2.35. The minimum Gasteiger partial charge on any atom is -0.490 e. The first-order valence-electron chi connectivity index (χ1n) is 12.0. The summed E-state index contributed by atoms with van der Waals surface area (Å²) in [7, 11) is 0. The van der Waals surface area contributed by atoms with Gasteiger partial charge in [-0.25, -0.2) is 4.39 Å². The van der Waals surface area contributed by atoms with Gasteiger partial charge in [-0.1, -0.05) is 18.2 Å². The van der Waals surface area contributed by atoms with Crippen molar-refractivity contribution in [1.82, 2.24) is 4.90 Å². The second-order valence-electron chi connectivity index (χ2n) is 9.61. The van der Waals surface area contributed by atoms with Crippen LogP contribution in [0.3, 0.4) is 0 Å². The molecule has 0 aromatic heterocycles. The number of alkyl halides is 4. The molecule has 1 aliphatic carbocycles. The van der Waals surface area contributed by atoms with Gasteiger partial charge in [-0.2, -0.15) is 13.2 Å². The van der Waals surface area contributed by atoms with Crippen LogP contribution in [0.5, 0.6) is 5.75 Å². The fraction of sp³-hybridized carbons (Fsp3) is 0.577. The summed E-state index contributed by atoms with van der Waals surface area (Å²) in [6.45, 7) is 1.45. The van der Waals surface area contributed by atoms with Crippen molar-refractivity contribution in [2.24, 2.45) is 11.8 Å². The molecule has 2 aromatic carbocycles. The molecule has 0 spiro atoms. The summed E-state index contributed by atoms with van der Waals surface area (Å²) in [5.41, 5.74) is 1.44. The van der Waals surface area contributed by atoms with Gasteiger partial charge in [-0.15, -0.1) is 0 Å². The van der Waals surface area contributed by atoms with E-state index >= 15 is 0 Å². The Bertz CT molecular complexity index is 1000. The molecule has 1 aliphatic heterocycles. The summed E-state index contributed by atoms with van der Waals surface area (Å²) in [5.74, 6) is -1.91. The number of rotatable bonds is 6. The Morgan fingerprint density at radius 2 is 1.76 bits per heavy atom. The van der Waals surface area contributed by atoms with Gasteiger partial charge in [-0.05, 0) is 86.5 Å². The van der Waals surface area contributed by atoms with E-state index in [0.717, 1.165) is 29.3 Å².